The predicted molar refractivity (Wildman–Crippen MR) is 88.8 cm³/mol. The summed E-state index contributed by atoms with van der Waals surface area (Å²) in [7, 11) is 1.66. The summed E-state index contributed by atoms with van der Waals surface area (Å²) in [5.41, 5.74) is 0.740. The van der Waals surface area contributed by atoms with Crippen molar-refractivity contribution in [3.63, 3.8) is 0 Å². The first-order chi connectivity index (χ1) is 12.0. The highest BCUT2D eigenvalue weighted by molar-refractivity contribution is 5.76. The lowest BCUT2D eigenvalue weighted by atomic mass is 10.2. The lowest BCUT2D eigenvalue weighted by molar-refractivity contribution is -0.132. The first kappa shape index (κ1) is 16.8. The molecule has 0 N–H and O–H groups in total. The van der Waals surface area contributed by atoms with E-state index in [0.29, 0.717) is 22.8 Å². The summed E-state index contributed by atoms with van der Waals surface area (Å²) in [6.45, 7) is 3.51. The molecule has 0 bridgehead atoms. The molecular formula is C17H18N4O4. The van der Waals surface area contributed by atoms with Crippen molar-refractivity contribution in [1.82, 2.24) is 20.0 Å². The van der Waals surface area contributed by atoms with Crippen molar-refractivity contribution in [2.45, 2.75) is 32.7 Å². The zero-order chi connectivity index (χ0) is 18.0. The summed E-state index contributed by atoms with van der Waals surface area (Å²) in [6, 6.07) is 6.67. The number of carbonyl (C=O) groups is 1. The second-order valence-electron chi connectivity index (χ2n) is 5.78. The average molecular weight is 342 g/mol. The maximum absolute atomic E-state index is 12.4. The van der Waals surface area contributed by atoms with Gasteiger partial charge in [-0.05, 0) is 26.0 Å². The molecule has 3 aromatic rings. The predicted octanol–water partition coefficient (Wildman–Crippen LogP) is 2.03. The van der Waals surface area contributed by atoms with E-state index >= 15 is 0 Å². The molecule has 1 aromatic carbocycles. The zero-order valence-electron chi connectivity index (χ0n) is 14.2. The van der Waals surface area contributed by atoms with Crippen LogP contribution in [0.3, 0.4) is 0 Å². The SMILES string of the molecule is Cc1noc(C(C)N(C)C(=O)CCc2nc3ccccc3oc2=O)n1. The van der Waals surface area contributed by atoms with E-state index in [-0.39, 0.29) is 30.5 Å². The number of rotatable bonds is 5. The van der Waals surface area contributed by atoms with Gasteiger partial charge in [0.05, 0.1) is 0 Å². The molecule has 0 saturated carbocycles. The van der Waals surface area contributed by atoms with Crippen molar-refractivity contribution in [1.29, 1.82) is 0 Å². The Morgan fingerprint density at radius 1 is 1.28 bits per heavy atom. The lowest BCUT2D eigenvalue weighted by Crippen LogP contribution is -2.30. The fourth-order valence-electron chi connectivity index (χ4n) is 2.41. The van der Waals surface area contributed by atoms with Crippen molar-refractivity contribution in [3.8, 4) is 0 Å². The molecule has 0 aliphatic heterocycles. The van der Waals surface area contributed by atoms with E-state index in [1.165, 1.54) is 4.90 Å². The number of nitrogens with zero attached hydrogens (tertiary/aromatic N) is 4. The normalized spacial score (nSPS) is 12.3. The first-order valence-electron chi connectivity index (χ1n) is 7.90. The highest BCUT2D eigenvalue weighted by atomic mass is 16.5. The molecule has 0 spiro atoms. The van der Waals surface area contributed by atoms with Crippen LogP contribution >= 0.6 is 0 Å². The van der Waals surface area contributed by atoms with Gasteiger partial charge in [-0.3, -0.25) is 4.79 Å². The second kappa shape index (κ2) is 6.84. The Morgan fingerprint density at radius 3 is 2.76 bits per heavy atom. The highest BCUT2D eigenvalue weighted by Gasteiger charge is 2.22. The molecule has 25 heavy (non-hydrogen) atoms. The zero-order valence-corrected chi connectivity index (χ0v) is 14.2. The summed E-state index contributed by atoms with van der Waals surface area (Å²) in [4.78, 5) is 34.3. The number of amides is 1. The van der Waals surface area contributed by atoms with Gasteiger partial charge in [0.1, 0.15) is 17.3 Å². The minimum absolute atomic E-state index is 0.129. The van der Waals surface area contributed by atoms with E-state index in [0.717, 1.165) is 0 Å². The van der Waals surface area contributed by atoms with Gasteiger partial charge in [-0.2, -0.15) is 4.98 Å². The Morgan fingerprint density at radius 2 is 2.04 bits per heavy atom. The Balaban J connectivity index is 1.69. The first-order valence-corrected chi connectivity index (χ1v) is 7.90. The number of fused-ring (bicyclic) bond motifs is 1. The number of benzene rings is 1. The largest absolute Gasteiger partial charge is 0.420 e. The third kappa shape index (κ3) is 3.57. The number of para-hydroxylation sites is 2. The van der Waals surface area contributed by atoms with Gasteiger partial charge in [-0.25, -0.2) is 9.78 Å². The van der Waals surface area contributed by atoms with Crippen LogP contribution in [-0.4, -0.2) is 33.0 Å². The molecule has 1 amide bonds. The summed E-state index contributed by atoms with van der Waals surface area (Å²) in [6.07, 6.45) is 0.329. The van der Waals surface area contributed by atoms with Gasteiger partial charge in [-0.1, -0.05) is 17.3 Å². The van der Waals surface area contributed by atoms with E-state index in [4.69, 9.17) is 8.94 Å². The smallest absolute Gasteiger partial charge is 0.358 e. The van der Waals surface area contributed by atoms with E-state index in [2.05, 4.69) is 15.1 Å². The van der Waals surface area contributed by atoms with Crippen LogP contribution in [0, 0.1) is 6.92 Å². The molecule has 130 valence electrons. The van der Waals surface area contributed by atoms with Crippen molar-refractivity contribution in [2.75, 3.05) is 7.05 Å². The Labute approximate surface area is 143 Å². The maximum atomic E-state index is 12.4. The lowest BCUT2D eigenvalue weighted by Gasteiger charge is -2.21. The molecule has 8 heteroatoms. The van der Waals surface area contributed by atoms with Gasteiger partial charge < -0.3 is 13.8 Å². The van der Waals surface area contributed by atoms with Gasteiger partial charge in [-0.15, -0.1) is 0 Å². The van der Waals surface area contributed by atoms with Crippen molar-refractivity contribution < 1.29 is 13.7 Å². The summed E-state index contributed by atoms with van der Waals surface area (Å²) in [5, 5.41) is 3.73. The quantitative estimate of drug-likeness (QED) is 0.699. The van der Waals surface area contributed by atoms with E-state index in [9.17, 15) is 9.59 Å². The van der Waals surface area contributed by atoms with Crippen molar-refractivity contribution >= 4 is 17.0 Å². The van der Waals surface area contributed by atoms with Crippen LogP contribution in [0.2, 0.25) is 0 Å². The van der Waals surface area contributed by atoms with E-state index < -0.39 is 5.63 Å². The second-order valence-corrected chi connectivity index (χ2v) is 5.78. The maximum Gasteiger partial charge on any atom is 0.358 e. The number of aryl methyl sites for hydroxylation is 2. The third-order valence-electron chi connectivity index (χ3n) is 4.01. The van der Waals surface area contributed by atoms with Gasteiger partial charge >= 0.3 is 5.63 Å². The van der Waals surface area contributed by atoms with Crippen LogP contribution in [-0.2, 0) is 11.2 Å². The van der Waals surface area contributed by atoms with Crippen LogP contribution in [0.5, 0.6) is 0 Å². The van der Waals surface area contributed by atoms with Crippen LogP contribution < -0.4 is 5.63 Å². The van der Waals surface area contributed by atoms with Crippen LogP contribution in [0.4, 0.5) is 0 Å². The fourth-order valence-corrected chi connectivity index (χ4v) is 2.41. The van der Waals surface area contributed by atoms with Crippen molar-refractivity contribution in [3.05, 3.63) is 52.1 Å². The van der Waals surface area contributed by atoms with Gasteiger partial charge in [0.15, 0.2) is 11.4 Å². The molecular weight excluding hydrogens is 324 g/mol. The summed E-state index contributed by atoms with van der Waals surface area (Å²) >= 11 is 0. The molecule has 0 saturated heterocycles. The van der Waals surface area contributed by atoms with E-state index in [1.54, 1.807) is 39.1 Å². The topological polar surface area (TPSA) is 102 Å². The Bertz CT molecular complexity index is 962. The Hall–Kier alpha value is -3.03. The van der Waals surface area contributed by atoms with Gasteiger partial charge in [0, 0.05) is 19.9 Å². The van der Waals surface area contributed by atoms with Crippen LogP contribution in [0.1, 0.15) is 36.8 Å². The third-order valence-corrected chi connectivity index (χ3v) is 4.01. The number of hydrogen-bond donors (Lipinski definition) is 0. The number of aromatic nitrogens is 3. The monoisotopic (exact) mass is 342 g/mol. The molecule has 0 fully saturated rings. The molecule has 8 nitrogen and oxygen atoms in total. The molecule has 2 heterocycles. The molecule has 2 aromatic heterocycles. The molecule has 0 aliphatic carbocycles. The van der Waals surface area contributed by atoms with E-state index in [1.807, 2.05) is 6.07 Å². The molecule has 3 rings (SSSR count). The molecule has 0 aliphatic rings. The minimum atomic E-state index is -0.519. The molecule has 1 atom stereocenters. The van der Waals surface area contributed by atoms with Crippen LogP contribution in [0.15, 0.2) is 38.0 Å². The fraction of sp³-hybridized carbons (Fsp3) is 0.353. The van der Waals surface area contributed by atoms with Gasteiger partial charge in [0.2, 0.25) is 11.8 Å². The highest BCUT2D eigenvalue weighted by Crippen LogP contribution is 2.18. The average Bonchev–Trinajstić information content (AvgIpc) is 3.04. The summed E-state index contributed by atoms with van der Waals surface area (Å²) in [5.74, 6) is 0.732. The number of hydrogen-bond acceptors (Lipinski definition) is 7. The number of carbonyl (C=O) groups excluding carboxylic acids is 1. The van der Waals surface area contributed by atoms with Gasteiger partial charge in [0.25, 0.3) is 0 Å². The molecule has 1 unspecified atom stereocenters. The van der Waals surface area contributed by atoms with Crippen molar-refractivity contribution in [2.24, 2.45) is 0 Å². The minimum Gasteiger partial charge on any atom is -0.420 e. The Kier molecular flexibility index (Phi) is 4.60. The molecule has 0 radical (unpaired) electrons. The standard InChI is InChI=1S/C17H18N4O4/c1-10(16-18-11(2)20-25-16)21(3)15(22)9-8-13-17(23)24-14-7-5-4-6-12(14)19-13/h4-7,10H,8-9H2,1-3H3. The van der Waals surface area contributed by atoms with Crippen LogP contribution in [0.25, 0.3) is 11.1 Å². The summed E-state index contributed by atoms with van der Waals surface area (Å²) < 4.78 is 10.3.